The summed E-state index contributed by atoms with van der Waals surface area (Å²) in [5.74, 6) is 3.13. The first-order valence-corrected chi connectivity index (χ1v) is 6.08. The third-order valence-corrected chi connectivity index (χ3v) is 2.40. The van der Waals surface area contributed by atoms with Crippen LogP contribution in [0.4, 0.5) is 0 Å². The van der Waals surface area contributed by atoms with Gasteiger partial charge in [-0.2, -0.15) is 0 Å². The van der Waals surface area contributed by atoms with Crippen molar-refractivity contribution in [2.75, 3.05) is 13.1 Å². The molecule has 0 aliphatic heterocycles. The fourth-order valence-corrected chi connectivity index (χ4v) is 1.59. The fourth-order valence-electron chi connectivity index (χ4n) is 1.59. The molecule has 1 aromatic rings. The van der Waals surface area contributed by atoms with E-state index in [1.807, 2.05) is 32.9 Å². The second-order valence-corrected chi connectivity index (χ2v) is 4.22. The van der Waals surface area contributed by atoms with E-state index in [4.69, 9.17) is 11.2 Å². The molecule has 0 fully saturated rings. The molecule has 0 radical (unpaired) electrons. The van der Waals surface area contributed by atoms with Gasteiger partial charge in [0.2, 0.25) is 0 Å². The summed E-state index contributed by atoms with van der Waals surface area (Å²) in [6, 6.07) is 7.18. The Morgan fingerprint density at radius 2 is 2.22 bits per heavy atom. The lowest BCUT2D eigenvalue weighted by Crippen LogP contribution is -2.31. The smallest absolute Gasteiger partial charge is 0.254 e. The van der Waals surface area contributed by atoms with E-state index in [0.29, 0.717) is 24.4 Å². The third kappa shape index (κ3) is 3.81. The number of terminal acetylenes is 1. The molecule has 0 spiro atoms. The molecular formula is C15H19NO2. The van der Waals surface area contributed by atoms with Crippen molar-refractivity contribution in [2.24, 2.45) is 0 Å². The molecule has 96 valence electrons. The average Bonchev–Trinajstić information content (AvgIpc) is 2.34. The van der Waals surface area contributed by atoms with E-state index in [-0.39, 0.29) is 12.0 Å². The Kier molecular flexibility index (Phi) is 5.26. The van der Waals surface area contributed by atoms with Crippen LogP contribution in [0.1, 0.15) is 31.1 Å². The predicted octanol–water partition coefficient (Wildman–Crippen LogP) is 2.57. The second-order valence-electron chi connectivity index (χ2n) is 4.22. The molecule has 0 N–H and O–H groups in total. The van der Waals surface area contributed by atoms with Crippen LogP contribution in [0.2, 0.25) is 0 Å². The van der Waals surface area contributed by atoms with E-state index in [1.165, 1.54) is 0 Å². The van der Waals surface area contributed by atoms with E-state index in [1.54, 1.807) is 17.0 Å². The van der Waals surface area contributed by atoms with Crippen LogP contribution in [0.15, 0.2) is 24.3 Å². The molecule has 3 nitrogen and oxygen atoms in total. The van der Waals surface area contributed by atoms with Crippen LogP contribution in [-0.4, -0.2) is 30.0 Å². The highest BCUT2D eigenvalue weighted by Crippen LogP contribution is 2.16. The summed E-state index contributed by atoms with van der Waals surface area (Å²) in [5.41, 5.74) is 0.602. The quantitative estimate of drug-likeness (QED) is 0.746. The van der Waals surface area contributed by atoms with Crippen LogP contribution in [0.5, 0.6) is 5.75 Å². The van der Waals surface area contributed by atoms with Crippen molar-refractivity contribution in [3.8, 4) is 18.1 Å². The van der Waals surface area contributed by atoms with Crippen LogP contribution in [0.3, 0.4) is 0 Å². The Hall–Kier alpha value is -1.95. The largest absolute Gasteiger partial charge is 0.491 e. The van der Waals surface area contributed by atoms with Crippen molar-refractivity contribution in [3.63, 3.8) is 0 Å². The number of carbonyl (C=O) groups is 1. The monoisotopic (exact) mass is 245 g/mol. The molecule has 0 atom stereocenters. The molecule has 1 amide bonds. The van der Waals surface area contributed by atoms with Gasteiger partial charge in [0.25, 0.3) is 5.91 Å². The zero-order valence-electron chi connectivity index (χ0n) is 11.1. The number of benzene rings is 1. The van der Waals surface area contributed by atoms with Crippen LogP contribution in [0.25, 0.3) is 0 Å². The standard InChI is InChI=1S/C15H19NO2/c1-5-10-16(6-2)15(17)13-8-7-9-14(11-13)18-12(3)4/h1,7-9,11-12H,6,10H2,2-4H3. The minimum Gasteiger partial charge on any atom is -0.491 e. The molecule has 0 unspecified atom stereocenters. The lowest BCUT2D eigenvalue weighted by atomic mass is 10.2. The Balaban J connectivity index is 2.89. The van der Waals surface area contributed by atoms with Gasteiger partial charge in [0.05, 0.1) is 12.6 Å². The lowest BCUT2D eigenvalue weighted by Gasteiger charge is -2.18. The number of nitrogens with zero attached hydrogens (tertiary/aromatic N) is 1. The minimum absolute atomic E-state index is 0.0651. The summed E-state index contributed by atoms with van der Waals surface area (Å²) >= 11 is 0. The maximum atomic E-state index is 12.2. The Labute approximate surface area is 109 Å². The van der Waals surface area contributed by atoms with Crippen molar-refractivity contribution in [1.29, 1.82) is 0 Å². The highest BCUT2D eigenvalue weighted by molar-refractivity contribution is 5.94. The summed E-state index contributed by atoms with van der Waals surface area (Å²) in [6.07, 6.45) is 5.33. The van der Waals surface area contributed by atoms with Gasteiger partial charge in [-0.15, -0.1) is 6.42 Å². The molecule has 0 saturated carbocycles. The number of hydrogen-bond acceptors (Lipinski definition) is 2. The van der Waals surface area contributed by atoms with Gasteiger partial charge in [-0.3, -0.25) is 4.79 Å². The van der Waals surface area contributed by atoms with E-state index < -0.39 is 0 Å². The van der Waals surface area contributed by atoms with Gasteiger partial charge in [0, 0.05) is 12.1 Å². The number of rotatable bonds is 5. The van der Waals surface area contributed by atoms with E-state index in [2.05, 4.69) is 5.92 Å². The minimum atomic E-state index is -0.0651. The molecule has 3 heteroatoms. The molecule has 0 heterocycles. The first-order valence-electron chi connectivity index (χ1n) is 6.08. The lowest BCUT2D eigenvalue weighted by molar-refractivity contribution is 0.0784. The summed E-state index contributed by atoms with van der Waals surface area (Å²) in [5, 5.41) is 0. The van der Waals surface area contributed by atoms with Gasteiger partial charge in [-0.1, -0.05) is 12.0 Å². The van der Waals surface area contributed by atoms with Crippen molar-refractivity contribution in [3.05, 3.63) is 29.8 Å². The van der Waals surface area contributed by atoms with Gasteiger partial charge in [-0.05, 0) is 39.0 Å². The van der Waals surface area contributed by atoms with Gasteiger partial charge in [0.15, 0.2) is 0 Å². The Bertz CT molecular complexity index is 446. The summed E-state index contributed by atoms with van der Waals surface area (Å²) in [7, 11) is 0. The third-order valence-electron chi connectivity index (χ3n) is 2.40. The summed E-state index contributed by atoms with van der Waals surface area (Å²) < 4.78 is 5.57. The topological polar surface area (TPSA) is 29.5 Å². The van der Waals surface area contributed by atoms with Gasteiger partial charge >= 0.3 is 0 Å². The Morgan fingerprint density at radius 3 is 2.78 bits per heavy atom. The summed E-state index contributed by atoms with van der Waals surface area (Å²) in [4.78, 5) is 13.8. The van der Waals surface area contributed by atoms with Crippen molar-refractivity contribution >= 4 is 5.91 Å². The molecule has 0 bridgehead atoms. The van der Waals surface area contributed by atoms with E-state index >= 15 is 0 Å². The molecule has 0 saturated heterocycles. The van der Waals surface area contributed by atoms with Crippen molar-refractivity contribution < 1.29 is 9.53 Å². The van der Waals surface area contributed by atoms with Crippen LogP contribution < -0.4 is 4.74 Å². The van der Waals surface area contributed by atoms with Crippen molar-refractivity contribution in [2.45, 2.75) is 26.9 Å². The van der Waals surface area contributed by atoms with Crippen LogP contribution in [-0.2, 0) is 0 Å². The highest BCUT2D eigenvalue weighted by atomic mass is 16.5. The van der Waals surface area contributed by atoms with Crippen LogP contribution in [0, 0.1) is 12.3 Å². The normalized spacial score (nSPS) is 9.94. The molecule has 1 aromatic carbocycles. The zero-order valence-corrected chi connectivity index (χ0v) is 11.1. The molecule has 0 aromatic heterocycles. The number of carbonyl (C=O) groups excluding carboxylic acids is 1. The molecule has 18 heavy (non-hydrogen) atoms. The predicted molar refractivity (Wildman–Crippen MR) is 72.6 cm³/mol. The second kappa shape index (κ2) is 6.70. The number of amides is 1. The fraction of sp³-hybridized carbons (Fsp3) is 0.400. The van der Waals surface area contributed by atoms with Gasteiger partial charge in [0.1, 0.15) is 5.75 Å². The Morgan fingerprint density at radius 1 is 1.50 bits per heavy atom. The number of ether oxygens (including phenoxy) is 1. The molecular weight excluding hydrogens is 226 g/mol. The maximum absolute atomic E-state index is 12.2. The molecule has 1 rings (SSSR count). The van der Waals surface area contributed by atoms with E-state index in [9.17, 15) is 4.79 Å². The summed E-state index contributed by atoms with van der Waals surface area (Å²) in [6.45, 7) is 6.73. The first kappa shape index (κ1) is 14.1. The zero-order chi connectivity index (χ0) is 13.5. The van der Waals surface area contributed by atoms with Crippen LogP contribution >= 0.6 is 0 Å². The van der Waals surface area contributed by atoms with Crippen molar-refractivity contribution in [1.82, 2.24) is 4.90 Å². The van der Waals surface area contributed by atoms with E-state index in [0.717, 1.165) is 0 Å². The highest BCUT2D eigenvalue weighted by Gasteiger charge is 2.13. The van der Waals surface area contributed by atoms with Gasteiger partial charge < -0.3 is 9.64 Å². The first-order chi connectivity index (χ1) is 8.58. The average molecular weight is 245 g/mol. The molecule has 0 aliphatic carbocycles. The van der Waals surface area contributed by atoms with Gasteiger partial charge in [-0.25, -0.2) is 0 Å². The number of hydrogen-bond donors (Lipinski definition) is 0. The molecule has 0 aliphatic rings. The SMILES string of the molecule is C#CCN(CC)C(=O)c1cccc(OC(C)C)c1. The maximum Gasteiger partial charge on any atom is 0.254 e.